The predicted molar refractivity (Wildman–Crippen MR) is 133 cm³/mol. The summed E-state index contributed by atoms with van der Waals surface area (Å²) in [7, 11) is 5.96. The summed E-state index contributed by atoms with van der Waals surface area (Å²) in [6, 6.07) is 6.92. The van der Waals surface area contributed by atoms with Crippen molar-refractivity contribution < 1.29 is 23.5 Å². The highest BCUT2D eigenvalue weighted by atomic mass is 16.6. The van der Waals surface area contributed by atoms with Crippen molar-refractivity contribution >= 4 is 0 Å². The second kappa shape index (κ2) is 7.95. The predicted octanol–water partition coefficient (Wildman–Crippen LogP) is 4.30. The minimum Gasteiger partial charge on any atom is -0.493 e. The van der Waals surface area contributed by atoms with Gasteiger partial charge in [-0.15, -0.1) is 0 Å². The highest BCUT2D eigenvalue weighted by Gasteiger charge is 2.80. The largest absolute Gasteiger partial charge is 0.493 e. The fourth-order valence-corrected chi connectivity index (χ4v) is 9.28. The van der Waals surface area contributed by atoms with Crippen LogP contribution in [-0.4, -0.2) is 62.2 Å². The van der Waals surface area contributed by atoms with Gasteiger partial charge in [-0.25, -0.2) is 0 Å². The Morgan fingerprint density at radius 3 is 2.89 bits per heavy atom. The molecule has 3 heterocycles. The SMILES string of the molecule is CCCc1cc(COC[C@H]2C[C@@]34CC[C@]2(OC)[C@@H]2Oc5c(OC)ccc6c5[C@@]23CCN(C)C4C6)on1. The number of piperidine rings is 1. The van der Waals surface area contributed by atoms with Crippen LogP contribution in [0.5, 0.6) is 11.5 Å². The summed E-state index contributed by atoms with van der Waals surface area (Å²) >= 11 is 0. The zero-order valence-corrected chi connectivity index (χ0v) is 22.0. The maximum absolute atomic E-state index is 7.03. The van der Waals surface area contributed by atoms with Crippen LogP contribution in [0.4, 0.5) is 0 Å². The van der Waals surface area contributed by atoms with Crippen molar-refractivity contribution in [3.05, 3.63) is 40.8 Å². The number of likely N-dealkylation sites (tertiary alicyclic amines) is 1. The number of likely N-dealkylation sites (N-methyl/N-ethyl adjacent to an activating group) is 1. The smallest absolute Gasteiger partial charge is 0.165 e. The molecule has 1 aromatic heterocycles. The lowest BCUT2D eigenvalue weighted by molar-refractivity contribution is -0.282. The Hall–Kier alpha value is -2.09. The molecule has 2 aromatic rings. The fourth-order valence-electron chi connectivity index (χ4n) is 9.28. The second-order valence-electron chi connectivity index (χ2n) is 11.8. The molecule has 0 radical (unpaired) electrons. The first-order valence-corrected chi connectivity index (χ1v) is 13.7. The Balaban J connectivity index is 1.26. The first-order valence-electron chi connectivity index (χ1n) is 13.7. The van der Waals surface area contributed by atoms with Crippen molar-refractivity contribution in [1.82, 2.24) is 10.1 Å². The molecule has 7 heteroatoms. The van der Waals surface area contributed by atoms with E-state index in [2.05, 4.69) is 36.2 Å². The molecular weight excluding hydrogens is 456 g/mol. The number of benzene rings is 1. The molecule has 2 spiro atoms. The average molecular weight is 495 g/mol. The minimum atomic E-state index is -0.379. The molecule has 6 aliphatic rings. The Morgan fingerprint density at radius 2 is 2.08 bits per heavy atom. The third-order valence-corrected chi connectivity index (χ3v) is 10.7. The Labute approximate surface area is 213 Å². The number of hydrogen-bond acceptors (Lipinski definition) is 7. The molecule has 1 aromatic carbocycles. The van der Waals surface area contributed by atoms with E-state index >= 15 is 0 Å². The molecule has 0 amide bonds. The van der Waals surface area contributed by atoms with Crippen LogP contribution in [0.1, 0.15) is 61.6 Å². The molecule has 1 saturated heterocycles. The van der Waals surface area contributed by atoms with E-state index in [4.69, 9.17) is 23.5 Å². The molecule has 1 unspecified atom stereocenters. The summed E-state index contributed by atoms with van der Waals surface area (Å²) in [5.41, 5.74) is 3.63. The van der Waals surface area contributed by atoms with Crippen LogP contribution < -0.4 is 9.47 Å². The van der Waals surface area contributed by atoms with E-state index in [1.54, 1.807) is 7.11 Å². The van der Waals surface area contributed by atoms with E-state index in [-0.39, 0.29) is 28.5 Å². The molecule has 3 saturated carbocycles. The van der Waals surface area contributed by atoms with Gasteiger partial charge in [-0.05, 0) is 63.7 Å². The van der Waals surface area contributed by atoms with E-state index in [0.717, 1.165) is 68.0 Å². The molecule has 0 N–H and O–H groups in total. The number of aryl methyl sites for hydroxylation is 1. The number of rotatable bonds is 8. The van der Waals surface area contributed by atoms with Crippen molar-refractivity contribution in [2.75, 3.05) is 34.4 Å². The zero-order valence-electron chi connectivity index (χ0n) is 22.0. The van der Waals surface area contributed by atoms with Gasteiger partial charge in [0, 0.05) is 41.5 Å². The third kappa shape index (κ3) is 2.67. The molecule has 36 heavy (non-hydrogen) atoms. The lowest BCUT2D eigenvalue weighted by Crippen LogP contribution is -2.81. The summed E-state index contributed by atoms with van der Waals surface area (Å²) < 4.78 is 31.3. The van der Waals surface area contributed by atoms with Crippen LogP contribution in [0.2, 0.25) is 0 Å². The Kier molecular flexibility index (Phi) is 5.09. The van der Waals surface area contributed by atoms with Gasteiger partial charge in [-0.2, -0.15) is 0 Å². The van der Waals surface area contributed by atoms with Gasteiger partial charge in [0.2, 0.25) is 0 Å². The molecule has 6 atom stereocenters. The first kappa shape index (κ1) is 23.1. The summed E-state index contributed by atoms with van der Waals surface area (Å²) in [6.07, 6.45) is 7.43. The van der Waals surface area contributed by atoms with Crippen molar-refractivity contribution in [3.8, 4) is 11.5 Å². The quantitative estimate of drug-likeness (QED) is 0.542. The van der Waals surface area contributed by atoms with Crippen LogP contribution in [-0.2, 0) is 34.3 Å². The highest BCUT2D eigenvalue weighted by molar-refractivity contribution is 5.63. The van der Waals surface area contributed by atoms with Crippen LogP contribution in [0.25, 0.3) is 0 Å². The Morgan fingerprint density at radius 1 is 1.19 bits per heavy atom. The number of hydrogen-bond donors (Lipinski definition) is 0. The van der Waals surface area contributed by atoms with Crippen molar-refractivity contribution in [3.63, 3.8) is 0 Å². The van der Waals surface area contributed by atoms with Crippen LogP contribution in [0.3, 0.4) is 0 Å². The van der Waals surface area contributed by atoms with Crippen LogP contribution in [0.15, 0.2) is 22.7 Å². The van der Waals surface area contributed by atoms with E-state index in [0.29, 0.717) is 19.3 Å². The van der Waals surface area contributed by atoms with Crippen molar-refractivity contribution in [2.45, 2.75) is 81.6 Å². The van der Waals surface area contributed by atoms with Crippen molar-refractivity contribution in [2.24, 2.45) is 11.3 Å². The van der Waals surface area contributed by atoms with Gasteiger partial charge in [0.1, 0.15) is 18.3 Å². The standard InChI is InChI=1S/C29H38N2O5/c1-5-6-20-14-21(36-30-20)17-34-16-19-15-27-9-10-29(19,33-4)26-28(27)11-12-31(2)23(27)13-18-7-8-22(32-3)25(35-26)24(18)28/h7-8,14,19,23,26H,5-6,9-13,15-17H2,1-4H3/t19-,23?,26-,27-,28+,29-/m1/s1. The number of aromatic nitrogens is 1. The molecule has 4 bridgehead atoms. The van der Waals surface area contributed by atoms with Gasteiger partial charge in [0.15, 0.2) is 17.3 Å². The summed E-state index contributed by atoms with van der Waals surface area (Å²) in [6.45, 7) is 4.32. The van der Waals surface area contributed by atoms with Gasteiger partial charge in [0.25, 0.3) is 0 Å². The molecule has 2 aliphatic heterocycles. The third-order valence-electron chi connectivity index (χ3n) is 10.7. The van der Waals surface area contributed by atoms with E-state index in [1.165, 1.54) is 17.5 Å². The summed E-state index contributed by atoms with van der Waals surface area (Å²) in [5, 5.41) is 4.18. The average Bonchev–Trinajstić information content (AvgIpc) is 3.49. The molecule has 4 aliphatic carbocycles. The van der Waals surface area contributed by atoms with E-state index in [9.17, 15) is 0 Å². The van der Waals surface area contributed by atoms with Crippen molar-refractivity contribution in [1.29, 1.82) is 0 Å². The summed E-state index contributed by atoms with van der Waals surface area (Å²) in [4.78, 5) is 2.63. The van der Waals surface area contributed by atoms with E-state index < -0.39 is 0 Å². The van der Waals surface area contributed by atoms with Crippen LogP contribution in [0, 0.1) is 11.3 Å². The molecule has 7 nitrogen and oxygen atoms in total. The lowest BCUT2D eigenvalue weighted by Gasteiger charge is -2.73. The fraction of sp³-hybridized carbons (Fsp3) is 0.690. The van der Waals surface area contributed by atoms with Gasteiger partial charge in [-0.1, -0.05) is 24.6 Å². The van der Waals surface area contributed by atoms with E-state index in [1.807, 2.05) is 13.2 Å². The van der Waals surface area contributed by atoms with Gasteiger partial charge in [-0.3, -0.25) is 0 Å². The Bertz CT molecular complexity index is 1180. The second-order valence-corrected chi connectivity index (χ2v) is 11.8. The maximum Gasteiger partial charge on any atom is 0.165 e. The summed E-state index contributed by atoms with van der Waals surface area (Å²) in [5.74, 6) is 2.89. The first-order chi connectivity index (χ1) is 17.5. The van der Waals surface area contributed by atoms with Gasteiger partial charge in [0.05, 0.1) is 19.4 Å². The lowest BCUT2D eigenvalue weighted by atomic mass is 9.35. The number of fused-ring (bicyclic) bond motifs is 2. The molecular formula is C29H38N2O5. The number of nitrogens with zero attached hydrogens (tertiary/aromatic N) is 2. The molecule has 8 rings (SSSR count). The molecule has 194 valence electrons. The zero-order chi connectivity index (χ0) is 24.7. The van der Waals surface area contributed by atoms with Gasteiger partial charge >= 0.3 is 0 Å². The monoisotopic (exact) mass is 494 g/mol. The molecule has 4 fully saturated rings. The number of ether oxygens (including phenoxy) is 4. The normalized spacial score (nSPS) is 37.6. The topological polar surface area (TPSA) is 66.2 Å². The van der Waals surface area contributed by atoms with Gasteiger partial charge < -0.3 is 28.4 Å². The maximum atomic E-state index is 7.03. The van der Waals surface area contributed by atoms with Crippen LogP contribution >= 0.6 is 0 Å². The minimum absolute atomic E-state index is 0.0194. The highest BCUT2D eigenvalue weighted by Crippen LogP contribution is 2.76. The number of methoxy groups -OCH3 is 2.